The summed E-state index contributed by atoms with van der Waals surface area (Å²) in [5.41, 5.74) is 0. The highest BCUT2D eigenvalue weighted by Crippen LogP contribution is 2.52. The number of hydrogen-bond donors (Lipinski definition) is 9. The molecule has 3 fully saturated rings. The summed E-state index contributed by atoms with van der Waals surface area (Å²) in [6, 6.07) is -7.80. The third kappa shape index (κ3) is 16.0. The smallest absolute Gasteiger partial charge is 0.322 e. The topological polar surface area (TPSA) is 324 Å². The number of nitrogens with zero attached hydrogens (tertiary/aromatic N) is 1. The lowest BCUT2D eigenvalue weighted by molar-refractivity contribution is -0.145. The lowest BCUT2D eigenvalue weighted by Gasteiger charge is -2.36. The van der Waals surface area contributed by atoms with Crippen LogP contribution in [0.25, 0.3) is 0 Å². The number of thioether (sulfide) groups is 2. The van der Waals surface area contributed by atoms with Crippen LogP contribution in [0, 0.1) is 11.8 Å². The number of Topliss-reactive ketones (excluding diaryl/α,β-unsaturated/α-hetero) is 1. The minimum Gasteiger partial charge on any atom is -0.481 e. The molecule has 2 aliphatic heterocycles. The Balaban J connectivity index is 1.91. The first kappa shape index (κ1) is 52.4. The second-order valence-electron chi connectivity index (χ2n) is 16.4. The van der Waals surface area contributed by atoms with Crippen LogP contribution in [0.4, 0.5) is 0 Å². The maximum absolute atomic E-state index is 14.9. The Morgan fingerprint density at radius 2 is 1.27 bits per heavy atom. The minimum atomic E-state index is -1.53. The fourth-order valence-electron chi connectivity index (χ4n) is 7.89. The summed E-state index contributed by atoms with van der Waals surface area (Å²) >= 11 is 3.19. The van der Waals surface area contributed by atoms with Crippen LogP contribution in [-0.4, -0.2) is 150 Å². The maximum Gasteiger partial charge on any atom is 0.322 e. The molecule has 0 aromatic carbocycles. The van der Waals surface area contributed by atoms with Crippen LogP contribution in [0.3, 0.4) is 0 Å². The SMILES string of the molecule is CCCC(NC(=O)[C@@H]1CC2(CN1C(=O)C(NC(=O)C(NC(=O)C(CCC(=O)O)NC(=O)C(CCC(=O)O)NC(C)=O)C(C)C)C1CCCCC1)SCCS2)C(=O)C(=O)NCC(=O)O. The number of ketones is 1. The number of likely N-dealkylation sites (tertiary alicyclic amines) is 1. The second-order valence-corrected chi connectivity index (χ2v) is 19.6. The van der Waals surface area contributed by atoms with Gasteiger partial charge in [0, 0.05) is 44.2 Å². The molecule has 352 valence electrons. The van der Waals surface area contributed by atoms with Crippen molar-refractivity contribution in [1.82, 2.24) is 36.8 Å². The van der Waals surface area contributed by atoms with Crippen LogP contribution in [0.5, 0.6) is 0 Å². The van der Waals surface area contributed by atoms with Crippen LogP contribution in [0.1, 0.15) is 105 Å². The molecule has 0 bridgehead atoms. The Labute approximate surface area is 373 Å². The highest BCUT2D eigenvalue weighted by molar-refractivity contribution is 8.21. The molecule has 2 saturated heterocycles. The van der Waals surface area contributed by atoms with Gasteiger partial charge in [0.25, 0.3) is 5.91 Å². The number of carboxylic acid groups (broad SMARTS) is 3. The first-order chi connectivity index (χ1) is 29.7. The number of amides is 7. The van der Waals surface area contributed by atoms with E-state index in [-0.39, 0.29) is 31.7 Å². The molecule has 2 heterocycles. The number of nitrogens with one attached hydrogen (secondary N) is 6. The molecule has 7 amide bonds. The third-order valence-electron chi connectivity index (χ3n) is 11.1. The van der Waals surface area contributed by atoms with Gasteiger partial charge in [-0.2, -0.15) is 0 Å². The van der Waals surface area contributed by atoms with Crippen molar-refractivity contribution in [2.45, 2.75) is 145 Å². The highest BCUT2D eigenvalue weighted by atomic mass is 32.2. The predicted molar refractivity (Wildman–Crippen MR) is 229 cm³/mol. The van der Waals surface area contributed by atoms with Crippen molar-refractivity contribution in [1.29, 1.82) is 0 Å². The number of rotatable bonds is 24. The highest BCUT2D eigenvalue weighted by Gasteiger charge is 2.53. The number of carboxylic acids is 3. The molecule has 6 atom stereocenters. The summed E-state index contributed by atoms with van der Waals surface area (Å²) < 4.78 is -0.571. The average molecular weight is 928 g/mol. The Bertz CT molecular complexity index is 1740. The van der Waals surface area contributed by atoms with Crippen LogP contribution in [0.2, 0.25) is 0 Å². The molecular formula is C40H61N7O14S2. The van der Waals surface area contributed by atoms with Crippen LogP contribution in [0.15, 0.2) is 0 Å². The molecule has 1 saturated carbocycles. The van der Waals surface area contributed by atoms with Crippen molar-refractivity contribution in [3.63, 3.8) is 0 Å². The van der Waals surface area contributed by atoms with Crippen molar-refractivity contribution >= 4 is 88.6 Å². The Kier molecular flexibility index (Phi) is 20.6. The number of aliphatic carboxylic acids is 3. The molecule has 5 unspecified atom stereocenters. The zero-order valence-electron chi connectivity index (χ0n) is 36.0. The number of carbonyl (C=O) groups excluding carboxylic acids is 8. The molecule has 0 aromatic rings. The van der Waals surface area contributed by atoms with Crippen molar-refractivity contribution in [2.75, 3.05) is 24.6 Å². The van der Waals surface area contributed by atoms with Gasteiger partial charge in [0.2, 0.25) is 41.2 Å². The average Bonchev–Trinajstić information content (AvgIpc) is 3.86. The van der Waals surface area contributed by atoms with E-state index in [0.29, 0.717) is 19.3 Å². The predicted octanol–water partition coefficient (Wildman–Crippen LogP) is -0.257. The molecule has 23 heteroatoms. The van der Waals surface area contributed by atoms with Gasteiger partial charge in [-0.3, -0.25) is 52.7 Å². The monoisotopic (exact) mass is 927 g/mol. The fraction of sp³-hybridized carbons (Fsp3) is 0.725. The van der Waals surface area contributed by atoms with Gasteiger partial charge < -0.3 is 52.1 Å². The second kappa shape index (κ2) is 24.8. The number of carbonyl (C=O) groups is 11. The molecule has 0 radical (unpaired) electrons. The summed E-state index contributed by atoms with van der Waals surface area (Å²) in [7, 11) is 0. The molecule has 9 N–H and O–H groups in total. The zero-order chi connectivity index (χ0) is 47.0. The molecule has 1 spiro atoms. The standard InChI is InChI=1S/C40H61N7O14S2/c1-5-9-24(33(55)38(60)41-19-30(53)54)43-36(58)27-18-40(62-16-17-63-40)20-47(27)39(61)32(23-10-7-6-8-11-23)46-37(59)31(21(2)3)45-35(57)26(13-15-29(51)52)44-34(56)25(42-22(4)48)12-14-28(49)50/h21,23-27,31-32H,5-20H2,1-4H3,(H,41,60)(H,42,48)(H,43,58)(H,44,56)(H,45,57)(H,46,59)(H,49,50)(H,51,52)(H,53,54)/t24?,25?,26?,27-,31?,32?/m0/s1. The van der Waals surface area contributed by atoms with E-state index in [1.165, 1.54) is 4.90 Å². The molecule has 21 nitrogen and oxygen atoms in total. The van der Waals surface area contributed by atoms with Crippen molar-refractivity contribution in [2.24, 2.45) is 11.8 Å². The summed E-state index contributed by atoms with van der Waals surface area (Å²) in [6.45, 7) is 5.43. The summed E-state index contributed by atoms with van der Waals surface area (Å²) in [5.74, 6) is -10.1. The quantitative estimate of drug-likeness (QED) is 0.0564. The van der Waals surface area contributed by atoms with E-state index < -0.39 is 137 Å². The van der Waals surface area contributed by atoms with Crippen LogP contribution >= 0.6 is 23.5 Å². The van der Waals surface area contributed by atoms with Gasteiger partial charge in [-0.25, -0.2) is 0 Å². The van der Waals surface area contributed by atoms with E-state index in [4.69, 9.17) is 10.2 Å². The summed E-state index contributed by atoms with van der Waals surface area (Å²) in [5, 5.41) is 42.4. The number of hydrogen-bond acceptors (Lipinski definition) is 13. The zero-order valence-corrected chi connectivity index (χ0v) is 37.7. The largest absolute Gasteiger partial charge is 0.481 e. The van der Waals surface area contributed by atoms with Gasteiger partial charge in [0.15, 0.2) is 0 Å². The minimum absolute atomic E-state index is 0.0604. The lowest BCUT2D eigenvalue weighted by Crippen LogP contribution is -2.62. The molecule has 0 aromatic heterocycles. The molecule has 1 aliphatic carbocycles. The van der Waals surface area contributed by atoms with Crippen molar-refractivity contribution in [3.05, 3.63) is 0 Å². The van der Waals surface area contributed by atoms with Crippen molar-refractivity contribution < 1.29 is 68.1 Å². The van der Waals surface area contributed by atoms with Gasteiger partial charge in [-0.1, -0.05) is 46.5 Å². The van der Waals surface area contributed by atoms with Crippen LogP contribution in [-0.2, 0) is 52.7 Å². The van der Waals surface area contributed by atoms with E-state index >= 15 is 0 Å². The normalized spacial score (nSPS) is 19.4. The molecule has 3 rings (SSSR count). The Morgan fingerprint density at radius 3 is 1.79 bits per heavy atom. The first-order valence-electron chi connectivity index (χ1n) is 21.2. The maximum atomic E-state index is 14.9. The van der Waals surface area contributed by atoms with E-state index in [0.717, 1.165) is 37.7 Å². The molecule has 63 heavy (non-hydrogen) atoms. The Morgan fingerprint density at radius 1 is 0.698 bits per heavy atom. The van der Waals surface area contributed by atoms with Gasteiger partial charge in [0.1, 0.15) is 36.8 Å². The van der Waals surface area contributed by atoms with Gasteiger partial charge >= 0.3 is 17.9 Å². The summed E-state index contributed by atoms with van der Waals surface area (Å²) in [6.07, 6.45) is 2.35. The lowest BCUT2D eigenvalue weighted by atomic mass is 9.83. The Hall–Kier alpha value is -4.93. The summed E-state index contributed by atoms with van der Waals surface area (Å²) in [4.78, 5) is 143. The van der Waals surface area contributed by atoms with Gasteiger partial charge in [-0.15, -0.1) is 23.5 Å². The van der Waals surface area contributed by atoms with E-state index in [1.807, 2.05) is 5.32 Å². The van der Waals surface area contributed by atoms with Crippen molar-refractivity contribution in [3.8, 4) is 0 Å². The molecular weight excluding hydrogens is 867 g/mol. The first-order valence-corrected chi connectivity index (χ1v) is 23.2. The molecule has 3 aliphatic rings. The third-order valence-corrected chi connectivity index (χ3v) is 14.5. The van der Waals surface area contributed by atoms with Crippen LogP contribution < -0.4 is 31.9 Å². The van der Waals surface area contributed by atoms with E-state index in [1.54, 1.807) is 44.3 Å². The fourth-order valence-corrected chi connectivity index (χ4v) is 11.1. The van der Waals surface area contributed by atoms with E-state index in [9.17, 15) is 57.8 Å². The van der Waals surface area contributed by atoms with E-state index in [2.05, 4.69) is 26.6 Å². The van der Waals surface area contributed by atoms with Gasteiger partial charge in [-0.05, 0) is 43.9 Å². The van der Waals surface area contributed by atoms with Gasteiger partial charge in [0.05, 0.1) is 10.1 Å².